The van der Waals surface area contributed by atoms with Crippen molar-refractivity contribution >= 4 is 38.3 Å². The van der Waals surface area contributed by atoms with E-state index in [-0.39, 0.29) is 0 Å². The highest BCUT2D eigenvalue weighted by Gasteiger charge is 2.20. The summed E-state index contributed by atoms with van der Waals surface area (Å²) in [4.78, 5) is 17.7. The fraction of sp³-hybridized carbons (Fsp3) is 0.267. The zero-order valence-electron chi connectivity index (χ0n) is 12.0. The lowest BCUT2D eigenvalue weighted by Crippen LogP contribution is -2.46. The van der Waals surface area contributed by atoms with Gasteiger partial charge in [-0.25, -0.2) is 9.97 Å². The number of nitrogens with zero attached hydrogens (tertiary/aromatic N) is 5. The van der Waals surface area contributed by atoms with Crippen LogP contribution >= 0.6 is 11.3 Å². The van der Waals surface area contributed by atoms with Crippen molar-refractivity contribution in [3.63, 3.8) is 0 Å². The third-order valence-electron chi connectivity index (χ3n) is 3.80. The average Bonchev–Trinajstić information content (AvgIpc) is 2.99. The number of nitrogens with two attached hydrogens (primary N) is 1. The Morgan fingerprint density at radius 3 is 2.50 bits per heavy atom. The second-order valence-corrected chi connectivity index (χ2v) is 6.25. The molecular formula is C15H16N6S. The van der Waals surface area contributed by atoms with E-state index in [9.17, 15) is 0 Å². The minimum absolute atomic E-state index is 0.464. The number of hydrogen-bond donors (Lipinski definition) is 1. The molecule has 112 valence electrons. The number of hydrogen-bond acceptors (Lipinski definition) is 7. The van der Waals surface area contributed by atoms with E-state index in [0.29, 0.717) is 5.82 Å². The van der Waals surface area contributed by atoms with Gasteiger partial charge in [-0.2, -0.15) is 0 Å². The minimum Gasteiger partial charge on any atom is -0.382 e. The van der Waals surface area contributed by atoms with Gasteiger partial charge in [0.15, 0.2) is 5.13 Å². The van der Waals surface area contributed by atoms with Crippen molar-refractivity contribution < 1.29 is 0 Å². The van der Waals surface area contributed by atoms with Gasteiger partial charge in [0, 0.05) is 26.2 Å². The van der Waals surface area contributed by atoms with Gasteiger partial charge in [-0.3, -0.25) is 4.98 Å². The molecule has 0 bridgehead atoms. The van der Waals surface area contributed by atoms with Crippen LogP contribution in [0.4, 0.5) is 16.8 Å². The van der Waals surface area contributed by atoms with Gasteiger partial charge in [0.05, 0.1) is 22.6 Å². The number of fused-ring (bicyclic) bond motifs is 1. The molecule has 4 rings (SSSR count). The number of piperazine rings is 1. The lowest BCUT2D eigenvalue weighted by Gasteiger charge is -2.35. The lowest BCUT2D eigenvalue weighted by molar-refractivity contribution is 0.646. The van der Waals surface area contributed by atoms with Gasteiger partial charge in [-0.1, -0.05) is 23.5 Å². The van der Waals surface area contributed by atoms with Crippen LogP contribution in [0.15, 0.2) is 36.7 Å². The van der Waals surface area contributed by atoms with Gasteiger partial charge < -0.3 is 15.5 Å². The largest absolute Gasteiger partial charge is 0.382 e. The first-order valence-corrected chi connectivity index (χ1v) is 8.04. The van der Waals surface area contributed by atoms with Crippen LogP contribution in [-0.4, -0.2) is 41.1 Å². The Morgan fingerprint density at radius 1 is 0.955 bits per heavy atom. The quantitative estimate of drug-likeness (QED) is 0.780. The topological polar surface area (TPSA) is 71.2 Å². The highest BCUT2D eigenvalue weighted by molar-refractivity contribution is 7.22. The maximum Gasteiger partial charge on any atom is 0.186 e. The highest BCUT2D eigenvalue weighted by atomic mass is 32.1. The summed E-state index contributed by atoms with van der Waals surface area (Å²) >= 11 is 1.75. The number of anilines is 3. The Balaban J connectivity index is 1.49. The van der Waals surface area contributed by atoms with Crippen molar-refractivity contribution in [3.05, 3.63) is 36.7 Å². The molecule has 1 saturated heterocycles. The fourth-order valence-corrected chi connectivity index (χ4v) is 3.66. The van der Waals surface area contributed by atoms with Crippen LogP contribution in [0.2, 0.25) is 0 Å². The molecule has 3 heterocycles. The van der Waals surface area contributed by atoms with Gasteiger partial charge >= 0.3 is 0 Å². The number of aromatic nitrogens is 3. The molecule has 0 amide bonds. The highest BCUT2D eigenvalue weighted by Crippen LogP contribution is 2.29. The summed E-state index contributed by atoms with van der Waals surface area (Å²) in [5, 5.41) is 1.10. The van der Waals surface area contributed by atoms with E-state index in [2.05, 4.69) is 38.0 Å². The number of nitrogen functional groups attached to an aromatic ring is 1. The van der Waals surface area contributed by atoms with Crippen molar-refractivity contribution in [1.82, 2.24) is 15.0 Å². The third kappa shape index (κ3) is 2.43. The Bertz CT molecular complexity index is 760. The van der Waals surface area contributed by atoms with Gasteiger partial charge in [-0.05, 0) is 12.1 Å². The molecule has 6 nitrogen and oxygen atoms in total. The molecule has 1 aliphatic heterocycles. The van der Waals surface area contributed by atoms with Crippen LogP contribution in [0.3, 0.4) is 0 Å². The zero-order chi connectivity index (χ0) is 14.9. The first-order chi connectivity index (χ1) is 10.8. The molecule has 0 unspecified atom stereocenters. The summed E-state index contributed by atoms with van der Waals surface area (Å²) in [6.07, 6.45) is 3.34. The van der Waals surface area contributed by atoms with Crippen molar-refractivity contribution in [1.29, 1.82) is 0 Å². The Hall–Kier alpha value is -2.41. The lowest BCUT2D eigenvalue weighted by atomic mass is 10.3. The van der Waals surface area contributed by atoms with Crippen LogP contribution in [0.5, 0.6) is 0 Å². The van der Waals surface area contributed by atoms with E-state index < -0.39 is 0 Å². The molecule has 0 aliphatic carbocycles. The van der Waals surface area contributed by atoms with Crippen LogP contribution in [0.1, 0.15) is 0 Å². The summed E-state index contributed by atoms with van der Waals surface area (Å²) in [7, 11) is 0. The predicted octanol–water partition coefficient (Wildman–Crippen LogP) is 2.00. The second-order valence-electron chi connectivity index (χ2n) is 5.24. The number of thiazole rings is 1. The molecule has 2 N–H and O–H groups in total. The molecule has 0 radical (unpaired) electrons. The minimum atomic E-state index is 0.464. The maximum absolute atomic E-state index is 5.71. The number of benzene rings is 1. The molecule has 0 saturated carbocycles. The standard InChI is InChI=1S/C15H16N6S/c16-13-9-17-10-14(19-13)20-5-7-21(8-6-20)15-18-11-3-1-2-4-12(11)22-15/h1-4,9-10H,5-8H2,(H2,16,19). The average molecular weight is 312 g/mol. The molecule has 22 heavy (non-hydrogen) atoms. The monoisotopic (exact) mass is 312 g/mol. The molecule has 1 aromatic carbocycles. The molecule has 0 spiro atoms. The molecule has 2 aromatic heterocycles. The molecule has 3 aromatic rings. The van der Waals surface area contributed by atoms with Gasteiger partial charge in [-0.15, -0.1) is 0 Å². The molecule has 1 fully saturated rings. The Kier molecular flexibility index (Phi) is 3.27. The van der Waals surface area contributed by atoms with Crippen molar-refractivity contribution in [3.8, 4) is 0 Å². The maximum atomic E-state index is 5.71. The van der Waals surface area contributed by atoms with Crippen molar-refractivity contribution in [2.45, 2.75) is 0 Å². The second kappa shape index (κ2) is 5.42. The smallest absolute Gasteiger partial charge is 0.186 e. The van der Waals surface area contributed by atoms with Crippen molar-refractivity contribution in [2.75, 3.05) is 41.7 Å². The molecular weight excluding hydrogens is 296 g/mol. The molecule has 7 heteroatoms. The fourth-order valence-electron chi connectivity index (χ4n) is 2.64. The summed E-state index contributed by atoms with van der Waals surface area (Å²) in [5.74, 6) is 1.31. The zero-order valence-corrected chi connectivity index (χ0v) is 12.8. The number of para-hydroxylation sites is 1. The SMILES string of the molecule is Nc1cncc(N2CCN(c3nc4ccccc4s3)CC2)n1. The van der Waals surface area contributed by atoms with Gasteiger partial charge in [0.25, 0.3) is 0 Å². The van der Waals surface area contributed by atoms with Gasteiger partial charge in [0.2, 0.25) is 0 Å². The first kappa shape index (κ1) is 13.3. The normalized spacial score (nSPS) is 15.5. The predicted molar refractivity (Wildman–Crippen MR) is 90.5 cm³/mol. The van der Waals surface area contributed by atoms with Crippen LogP contribution in [0, 0.1) is 0 Å². The van der Waals surface area contributed by atoms with E-state index in [4.69, 9.17) is 10.7 Å². The summed E-state index contributed by atoms with van der Waals surface area (Å²) in [5.41, 5.74) is 6.78. The van der Waals surface area contributed by atoms with E-state index in [1.165, 1.54) is 4.70 Å². The number of rotatable bonds is 2. The molecule has 1 aliphatic rings. The molecule has 0 atom stereocenters. The third-order valence-corrected chi connectivity index (χ3v) is 4.89. The first-order valence-electron chi connectivity index (χ1n) is 7.22. The van der Waals surface area contributed by atoms with E-state index in [0.717, 1.165) is 42.6 Å². The van der Waals surface area contributed by atoms with Crippen LogP contribution in [-0.2, 0) is 0 Å². The van der Waals surface area contributed by atoms with E-state index in [1.54, 1.807) is 23.7 Å². The Morgan fingerprint density at radius 2 is 1.73 bits per heavy atom. The van der Waals surface area contributed by atoms with E-state index in [1.807, 2.05) is 6.07 Å². The van der Waals surface area contributed by atoms with Crippen LogP contribution in [0.25, 0.3) is 10.2 Å². The summed E-state index contributed by atoms with van der Waals surface area (Å²) in [6.45, 7) is 3.65. The van der Waals surface area contributed by atoms with Gasteiger partial charge in [0.1, 0.15) is 11.6 Å². The van der Waals surface area contributed by atoms with Crippen molar-refractivity contribution in [2.24, 2.45) is 0 Å². The summed E-state index contributed by atoms with van der Waals surface area (Å²) < 4.78 is 1.24. The van der Waals surface area contributed by atoms with E-state index >= 15 is 0 Å². The summed E-state index contributed by atoms with van der Waals surface area (Å²) in [6, 6.07) is 8.27. The Labute approximate surface area is 132 Å². The van der Waals surface area contributed by atoms with Crippen LogP contribution < -0.4 is 15.5 Å².